The Morgan fingerprint density at radius 3 is 2.67 bits per heavy atom. The minimum absolute atomic E-state index is 0.166. The van der Waals surface area contributed by atoms with Gasteiger partial charge in [-0.2, -0.15) is 4.98 Å². The molecule has 0 saturated heterocycles. The van der Waals surface area contributed by atoms with Crippen LogP contribution in [0.4, 0.5) is 17.5 Å². The Hall–Kier alpha value is -2.09. The molecule has 0 aliphatic heterocycles. The second-order valence-corrected chi connectivity index (χ2v) is 6.80. The normalized spacial score (nSPS) is 15.2. The van der Waals surface area contributed by atoms with E-state index in [1.807, 2.05) is 6.07 Å². The maximum Gasteiger partial charge on any atom is 0.222 e. The largest absolute Gasteiger partial charge is 0.481 e. The van der Waals surface area contributed by atoms with E-state index in [9.17, 15) is 0 Å². The van der Waals surface area contributed by atoms with Gasteiger partial charge in [-0.3, -0.25) is 0 Å². The first-order chi connectivity index (χ1) is 11.6. The summed E-state index contributed by atoms with van der Waals surface area (Å²) in [7, 11) is 1.56. The predicted octanol–water partition coefficient (Wildman–Crippen LogP) is 3.22. The Morgan fingerprint density at radius 1 is 1.21 bits per heavy atom. The van der Waals surface area contributed by atoms with Gasteiger partial charge in [0.05, 0.1) is 12.7 Å². The van der Waals surface area contributed by atoms with E-state index in [1.54, 1.807) is 13.3 Å². The third-order valence-corrected chi connectivity index (χ3v) is 4.61. The molecule has 1 aliphatic carbocycles. The van der Waals surface area contributed by atoms with Crippen molar-refractivity contribution < 1.29 is 4.74 Å². The standard InChI is InChI=1S/C16H21BrN6O/c1-24-15-11(7-9(17)8-20-15)13-12(18)14(23-16(19)22-13)21-10-5-3-2-4-6-10/h7-8,10H,2-6,18H2,1H3,(H3,19,21,22,23). The highest BCUT2D eigenvalue weighted by molar-refractivity contribution is 9.10. The van der Waals surface area contributed by atoms with Crippen LogP contribution in [0.25, 0.3) is 11.3 Å². The molecule has 0 bridgehead atoms. The molecule has 0 aromatic carbocycles. The van der Waals surface area contributed by atoms with Crippen molar-refractivity contribution in [3.63, 3.8) is 0 Å². The van der Waals surface area contributed by atoms with E-state index >= 15 is 0 Å². The SMILES string of the molecule is COc1ncc(Br)cc1-c1nc(N)nc(NC2CCCCC2)c1N. The van der Waals surface area contributed by atoms with Crippen LogP contribution in [0.15, 0.2) is 16.7 Å². The molecule has 7 nitrogen and oxygen atoms in total. The zero-order valence-corrected chi connectivity index (χ0v) is 15.1. The van der Waals surface area contributed by atoms with E-state index in [-0.39, 0.29) is 5.95 Å². The molecule has 1 fully saturated rings. The summed E-state index contributed by atoms with van der Waals surface area (Å²) < 4.78 is 6.13. The Balaban J connectivity index is 2.01. The van der Waals surface area contributed by atoms with E-state index in [0.717, 1.165) is 17.3 Å². The summed E-state index contributed by atoms with van der Waals surface area (Å²) in [5.41, 5.74) is 13.9. The van der Waals surface area contributed by atoms with Crippen molar-refractivity contribution in [2.24, 2.45) is 0 Å². The molecule has 0 atom stereocenters. The Labute approximate surface area is 149 Å². The molecule has 0 spiro atoms. The molecule has 8 heteroatoms. The second-order valence-electron chi connectivity index (χ2n) is 5.88. The van der Waals surface area contributed by atoms with Crippen LogP contribution in [0, 0.1) is 0 Å². The summed E-state index contributed by atoms with van der Waals surface area (Å²) in [6.07, 6.45) is 7.60. The zero-order valence-electron chi connectivity index (χ0n) is 13.6. The van der Waals surface area contributed by atoms with Crippen molar-refractivity contribution >= 4 is 33.4 Å². The Bertz CT molecular complexity index is 733. The number of nitrogens with two attached hydrogens (primary N) is 2. The van der Waals surface area contributed by atoms with Gasteiger partial charge in [0, 0.05) is 16.7 Å². The van der Waals surface area contributed by atoms with Crippen molar-refractivity contribution in [3.8, 4) is 17.1 Å². The lowest BCUT2D eigenvalue weighted by Gasteiger charge is -2.24. The van der Waals surface area contributed by atoms with Crippen molar-refractivity contribution in [1.82, 2.24) is 15.0 Å². The number of halogens is 1. The number of hydrogen-bond acceptors (Lipinski definition) is 7. The van der Waals surface area contributed by atoms with Gasteiger partial charge in [-0.25, -0.2) is 9.97 Å². The van der Waals surface area contributed by atoms with Gasteiger partial charge >= 0.3 is 0 Å². The van der Waals surface area contributed by atoms with Crippen LogP contribution in [0.5, 0.6) is 5.88 Å². The average Bonchev–Trinajstić information content (AvgIpc) is 2.58. The maximum atomic E-state index is 6.33. The number of methoxy groups -OCH3 is 1. The number of nitrogens with zero attached hydrogens (tertiary/aromatic N) is 3. The van der Waals surface area contributed by atoms with E-state index in [2.05, 4.69) is 36.2 Å². The number of ether oxygens (including phenoxy) is 1. The molecule has 0 radical (unpaired) electrons. The minimum Gasteiger partial charge on any atom is -0.481 e. The number of nitrogen functional groups attached to an aromatic ring is 2. The number of nitrogens with one attached hydrogen (secondary N) is 1. The lowest BCUT2D eigenvalue weighted by molar-refractivity contribution is 0.399. The van der Waals surface area contributed by atoms with E-state index < -0.39 is 0 Å². The van der Waals surface area contributed by atoms with Crippen LogP contribution >= 0.6 is 15.9 Å². The van der Waals surface area contributed by atoms with Crippen LogP contribution in [-0.4, -0.2) is 28.1 Å². The Kier molecular flexibility index (Phi) is 5.03. The predicted molar refractivity (Wildman–Crippen MR) is 98.8 cm³/mol. The van der Waals surface area contributed by atoms with E-state index in [1.165, 1.54) is 19.3 Å². The highest BCUT2D eigenvalue weighted by atomic mass is 79.9. The minimum atomic E-state index is 0.166. The molecule has 2 aromatic heterocycles. The topological polar surface area (TPSA) is 112 Å². The van der Waals surface area contributed by atoms with Crippen LogP contribution in [0.2, 0.25) is 0 Å². The van der Waals surface area contributed by atoms with Gasteiger partial charge in [0.2, 0.25) is 11.8 Å². The number of anilines is 3. The van der Waals surface area contributed by atoms with Crippen LogP contribution in [-0.2, 0) is 0 Å². The molecule has 24 heavy (non-hydrogen) atoms. The smallest absolute Gasteiger partial charge is 0.222 e. The van der Waals surface area contributed by atoms with Crippen molar-refractivity contribution in [3.05, 3.63) is 16.7 Å². The van der Waals surface area contributed by atoms with Crippen LogP contribution < -0.4 is 21.5 Å². The molecule has 1 aliphatic rings. The molecule has 5 N–H and O–H groups in total. The first-order valence-electron chi connectivity index (χ1n) is 7.98. The fourth-order valence-electron chi connectivity index (χ4n) is 3.00. The first-order valence-corrected chi connectivity index (χ1v) is 8.77. The third kappa shape index (κ3) is 3.53. The van der Waals surface area contributed by atoms with Gasteiger partial charge < -0.3 is 21.5 Å². The highest BCUT2D eigenvalue weighted by Gasteiger charge is 2.20. The molecule has 128 valence electrons. The summed E-state index contributed by atoms with van der Waals surface area (Å²) in [4.78, 5) is 12.8. The van der Waals surface area contributed by atoms with Gasteiger partial charge in [0.1, 0.15) is 11.4 Å². The van der Waals surface area contributed by atoms with Crippen molar-refractivity contribution in [1.29, 1.82) is 0 Å². The van der Waals surface area contributed by atoms with Crippen LogP contribution in [0.1, 0.15) is 32.1 Å². The quantitative estimate of drug-likeness (QED) is 0.731. The molecule has 0 amide bonds. The number of rotatable bonds is 4. The summed E-state index contributed by atoms with van der Waals surface area (Å²) in [5, 5.41) is 3.42. The second kappa shape index (κ2) is 7.21. The highest BCUT2D eigenvalue weighted by Crippen LogP contribution is 2.36. The average molecular weight is 393 g/mol. The maximum absolute atomic E-state index is 6.33. The van der Waals surface area contributed by atoms with E-state index in [0.29, 0.717) is 34.7 Å². The summed E-state index contributed by atoms with van der Waals surface area (Å²) >= 11 is 3.41. The first kappa shape index (κ1) is 16.8. The molecule has 3 rings (SSSR count). The lowest BCUT2D eigenvalue weighted by atomic mass is 9.95. The third-order valence-electron chi connectivity index (χ3n) is 4.18. The zero-order chi connectivity index (χ0) is 17.1. The van der Waals surface area contributed by atoms with Gasteiger partial charge in [-0.05, 0) is 34.8 Å². The van der Waals surface area contributed by atoms with Gasteiger partial charge in [-0.1, -0.05) is 19.3 Å². The number of hydrogen-bond donors (Lipinski definition) is 3. The van der Waals surface area contributed by atoms with Gasteiger partial charge in [0.25, 0.3) is 0 Å². The Morgan fingerprint density at radius 2 is 1.96 bits per heavy atom. The van der Waals surface area contributed by atoms with Gasteiger partial charge in [0.15, 0.2) is 5.82 Å². The lowest BCUT2D eigenvalue weighted by Crippen LogP contribution is -2.24. The molecule has 2 aromatic rings. The summed E-state index contributed by atoms with van der Waals surface area (Å²) in [5.74, 6) is 1.18. The number of pyridine rings is 1. The van der Waals surface area contributed by atoms with Gasteiger partial charge in [-0.15, -0.1) is 0 Å². The number of aromatic nitrogens is 3. The van der Waals surface area contributed by atoms with Crippen molar-refractivity contribution in [2.75, 3.05) is 23.9 Å². The monoisotopic (exact) mass is 392 g/mol. The van der Waals surface area contributed by atoms with E-state index in [4.69, 9.17) is 16.2 Å². The molecule has 0 unspecified atom stereocenters. The van der Waals surface area contributed by atoms with Crippen molar-refractivity contribution in [2.45, 2.75) is 38.1 Å². The molecule has 1 saturated carbocycles. The summed E-state index contributed by atoms with van der Waals surface area (Å²) in [6.45, 7) is 0. The molecule has 2 heterocycles. The summed E-state index contributed by atoms with van der Waals surface area (Å²) in [6, 6.07) is 2.22. The fraction of sp³-hybridized carbons (Fsp3) is 0.438. The molecular weight excluding hydrogens is 372 g/mol. The van der Waals surface area contributed by atoms with Crippen LogP contribution in [0.3, 0.4) is 0 Å². The fourth-order valence-corrected chi connectivity index (χ4v) is 3.33. The molecular formula is C16H21BrN6O.